The minimum absolute atomic E-state index is 0.144. The number of phenols is 1. The molecule has 0 aliphatic carbocycles. The molecule has 4 rings (SSSR count). The van der Waals surface area contributed by atoms with Gasteiger partial charge in [0.1, 0.15) is 17.1 Å². The largest absolute Gasteiger partial charge is 0.507 e. The number of carboxylic acid groups (broad SMARTS) is 1. The summed E-state index contributed by atoms with van der Waals surface area (Å²) in [7, 11) is -0.937. The Morgan fingerprint density at radius 3 is 2.54 bits per heavy atom. The number of aromatic nitrogens is 2. The number of fused-ring (bicyclic) bond motifs is 1. The number of aromatic amines is 1. The number of imidazole rings is 1. The third-order valence-electron chi connectivity index (χ3n) is 4.93. The van der Waals surface area contributed by atoms with E-state index >= 15 is 0 Å². The number of benzene rings is 2. The Bertz CT molecular complexity index is 1070. The first-order chi connectivity index (χ1) is 13.4. The SMILES string of the molecule is CS(=O)N1CCN(c2ccc3nc(-c4ccc(C(=O)O)c(O)c4)[nH]c3c2)CC1. The number of hydrogen-bond donors (Lipinski definition) is 3. The molecule has 2 aromatic carbocycles. The van der Waals surface area contributed by atoms with Crippen molar-refractivity contribution in [2.45, 2.75) is 0 Å². The van der Waals surface area contributed by atoms with E-state index in [0.29, 0.717) is 11.4 Å². The number of nitrogens with one attached hydrogen (secondary N) is 1. The maximum Gasteiger partial charge on any atom is 0.339 e. The Kier molecular flexibility index (Phi) is 4.78. The lowest BCUT2D eigenvalue weighted by atomic mass is 10.1. The number of piperazine rings is 1. The van der Waals surface area contributed by atoms with Crippen LogP contribution in [0.3, 0.4) is 0 Å². The van der Waals surface area contributed by atoms with Crippen molar-refractivity contribution < 1.29 is 19.2 Å². The van der Waals surface area contributed by atoms with Gasteiger partial charge >= 0.3 is 5.97 Å². The van der Waals surface area contributed by atoms with Gasteiger partial charge in [0.15, 0.2) is 0 Å². The number of hydrogen-bond acceptors (Lipinski definition) is 5. The van der Waals surface area contributed by atoms with Crippen molar-refractivity contribution >= 4 is 33.7 Å². The highest BCUT2D eigenvalue weighted by Gasteiger charge is 2.20. The van der Waals surface area contributed by atoms with Crippen LogP contribution < -0.4 is 4.90 Å². The molecular formula is C19H20N4O4S. The van der Waals surface area contributed by atoms with Gasteiger partial charge in [0.05, 0.1) is 22.0 Å². The highest BCUT2D eigenvalue weighted by Crippen LogP contribution is 2.28. The number of H-pyrrole nitrogens is 1. The van der Waals surface area contributed by atoms with Crippen molar-refractivity contribution in [3.8, 4) is 17.1 Å². The zero-order valence-electron chi connectivity index (χ0n) is 15.3. The minimum atomic E-state index is -1.18. The molecule has 0 spiro atoms. The van der Waals surface area contributed by atoms with Gasteiger partial charge in [-0.1, -0.05) is 6.07 Å². The van der Waals surface area contributed by atoms with E-state index in [9.17, 15) is 14.1 Å². The minimum Gasteiger partial charge on any atom is -0.507 e. The molecule has 0 bridgehead atoms. The lowest BCUT2D eigenvalue weighted by molar-refractivity contribution is 0.0693. The topological polar surface area (TPSA) is 110 Å². The van der Waals surface area contributed by atoms with E-state index in [1.54, 1.807) is 12.3 Å². The zero-order chi connectivity index (χ0) is 19.8. The number of carboxylic acids is 1. The van der Waals surface area contributed by atoms with Crippen LogP contribution in [0.5, 0.6) is 5.75 Å². The molecule has 1 fully saturated rings. The van der Waals surface area contributed by atoms with E-state index in [1.807, 2.05) is 22.5 Å². The van der Waals surface area contributed by atoms with Crippen molar-refractivity contribution in [3.63, 3.8) is 0 Å². The maximum atomic E-state index is 11.6. The van der Waals surface area contributed by atoms with Crippen LogP contribution in [0.15, 0.2) is 36.4 Å². The van der Waals surface area contributed by atoms with Gasteiger partial charge in [-0.25, -0.2) is 18.3 Å². The summed E-state index contributed by atoms with van der Waals surface area (Å²) >= 11 is 0. The molecule has 2 heterocycles. The molecule has 8 nitrogen and oxygen atoms in total. The van der Waals surface area contributed by atoms with Gasteiger partial charge in [-0.15, -0.1) is 0 Å². The van der Waals surface area contributed by atoms with Gasteiger partial charge < -0.3 is 20.1 Å². The first-order valence-corrected chi connectivity index (χ1v) is 10.3. The van der Waals surface area contributed by atoms with Crippen LogP contribution in [0.1, 0.15) is 10.4 Å². The predicted molar refractivity (Wildman–Crippen MR) is 108 cm³/mol. The third-order valence-corrected chi connectivity index (χ3v) is 6.03. The quantitative estimate of drug-likeness (QED) is 0.618. The Morgan fingerprint density at radius 1 is 1.14 bits per heavy atom. The average Bonchev–Trinajstić information content (AvgIpc) is 3.11. The van der Waals surface area contributed by atoms with E-state index in [4.69, 9.17) is 5.11 Å². The van der Waals surface area contributed by atoms with Gasteiger partial charge in [-0.2, -0.15) is 0 Å². The van der Waals surface area contributed by atoms with E-state index in [1.165, 1.54) is 12.1 Å². The van der Waals surface area contributed by atoms with Gasteiger partial charge in [-0.3, -0.25) is 0 Å². The van der Waals surface area contributed by atoms with E-state index in [-0.39, 0.29) is 11.3 Å². The monoisotopic (exact) mass is 400 g/mol. The van der Waals surface area contributed by atoms with Crippen molar-refractivity contribution in [1.29, 1.82) is 0 Å². The van der Waals surface area contributed by atoms with Gasteiger partial charge in [0.25, 0.3) is 0 Å². The molecule has 3 aromatic rings. The molecule has 3 N–H and O–H groups in total. The molecule has 1 aliphatic heterocycles. The molecule has 1 saturated heterocycles. The summed E-state index contributed by atoms with van der Waals surface area (Å²) in [6, 6.07) is 10.3. The smallest absolute Gasteiger partial charge is 0.339 e. The molecule has 1 aliphatic rings. The van der Waals surface area contributed by atoms with Crippen LogP contribution >= 0.6 is 0 Å². The molecule has 0 radical (unpaired) electrons. The van der Waals surface area contributed by atoms with Crippen LogP contribution in [0.2, 0.25) is 0 Å². The molecule has 1 atom stereocenters. The average molecular weight is 400 g/mol. The Labute approximate surface area is 164 Å². The zero-order valence-corrected chi connectivity index (χ0v) is 16.1. The summed E-state index contributed by atoms with van der Waals surface area (Å²) in [6.07, 6.45) is 1.70. The van der Waals surface area contributed by atoms with E-state index < -0.39 is 17.0 Å². The Hall–Kier alpha value is -2.91. The van der Waals surface area contributed by atoms with E-state index in [2.05, 4.69) is 14.9 Å². The summed E-state index contributed by atoms with van der Waals surface area (Å²) in [5.74, 6) is -0.909. The van der Waals surface area contributed by atoms with Gasteiger partial charge in [0.2, 0.25) is 0 Å². The van der Waals surface area contributed by atoms with Crippen molar-refractivity contribution in [2.24, 2.45) is 0 Å². The molecule has 28 heavy (non-hydrogen) atoms. The highest BCUT2D eigenvalue weighted by molar-refractivity contribution is 7.81. The van der Waals surface area contributed by atoms with Crippen molar-refractivity contribution in [2.75, 3.05) is 37.3 Å². The number of aromatic carboxylic acids is 1. The standard InChI is InChI=1S/C19H20N4O4S/c1-28(27)23-8-6-22(7-9-23)13-3-5-15-16(11-13)21-18(20-15)12-2-4-14(19(25)26)17(24)10-12/h2-5,10-11,24H,6-9H2,1H3,(H,20,21)(H,25,26). The number of rotatable bonds is 4. The fourth-order valence-corrected chi connectivity index (χ4v) is 4.07. The lowest BCUT2D eigenvalue weighted by Gasteiger charge is -2.34. The third kappa shape index (κ3) is 3.46. The second kappa shape index (κ2) is 7.25. The van der Waals surface area contributed by atoms with Crippen LogP contribution in [0.4, 0.5) is 5.69 Å². The second-order valence-corrected chi connectivity index (χ2v) is 8.03. The molecule has 1 aromatic heterocycles. The van der Waals surface area contributed by atoms with Crippen LogP contribution in [-0.2, 0) is 11.0 Å². The lowest BCUT2D eigenvalue weighted by Crippen LogP contribution is -2.46. The second-order valence-electron chi connectivity index (χ2n) is 6.66. The fraction of sp³-hybridized carbons (Fsp3) is 0.263. The van der Waals surface area contributed by atoms with Crippen molar-refractivity contribution in [3.05, 3.63) is 42.0 Å². The molecular weight excluding hydrogens is 380 g/mol. The summed E-state index contributed by atoms with van der Waals surface area (Å²) in [5, 5.41) is 19.0. The van der Waals surface area contributed by atoms with Crippen molar-refractivity contribution in [1.82, 2.24) is 14.3 Å². The first-order valence-electron chi connectivity index (χ1n) is 8.82. The normalized spacial score (nSPS) is 16.4. The molecule has 1 unspecified atom stereocenters. The Morgan fingerprint density at radius 2 is 1.89 bits per heavy atom. The number of carbonyl (C=O) groups is 1. The Balaban J connectivity index is 1.60. The molecule has 146 valence electrons. The molecule has 0 saturated carbocycles. The van der Waals surface area contributed by atoms with Gasteiger partial charge in [0, 0.05) is 43.7 Å². The number of nitrogens with zero attached hydrogens (tertiary/aromatic N) is 3. The number of aromatic hydroxyl groups is 1. The van der Waals surface area contributed by atoms with E-state index in [0.717, 1.165) is 42.9 Å². The summed E-state index contributed by atoms with van der Waals surface area (Å²) < 4.78 is 13.5. The molecule has 0 amide bonds. The summed E-state index contributed by atoms with van der Waals surface area (Å²) in [6.45, 7) is 3.11. The number of anilines is 1. The van der Waals surface area contributed by atoms with Crippen LogP contribution in [-0.4, -0.2) is 67.1 Å². The van der Waals surface area contributed by atoms with Gasteiger partial charge in [-0.05, 0) is 30.3 Å². The fourth-order valence-electron chi connectivity index (χ4n) is 3.39. The first kappa shape index (κ1) is 18.5. The van der Waals surface area contributed by atoms with Crippen LogP contribution in [0, 0.1) is 0 Å². The highest BCUT2D eigenvalue weighted by atomic mass is 32.2. The predicted octanol–water partition coefficient (Wildman–Crippen LogP) is 2.05. The summed E-state index contributed by atoms with van der Waals surface area (Å²) in [5.41, 5.74) is 3.17. The maximum absolute atomic E-state index is 11.6. The summed E-state index contributed by atoms with van der Waals surface area (Å²) in [4.78, 5) is 21.1. The molecule has 9 heteroatoms. The van der Waals surface area contributed by atoms with Crippen LogP contribution in [0.25, 0.3) is 22.4 Å².